The van der Waals surface area contributed by atoms with E-state index in [0.29, 0.717) is 17.2 Å². The minimum absolute atomic E-state index is 0.0185. The molecule has 0 atom stereocenters. The van der Waals surface area contributed by atoms with Gasteiger partial charge in [0.1, 0.15) is 12.3 Å². The first kappa shape index (κ1) is 23.9. The lowest BCUT2D eigenvalue weighted by atomic mass is 10.2. The third-order valence-corrected chi connectivity index (χ3v) is 4.49. The standard InChI is InChI=1S/C24H21N3O7/c1-16-9-11-19(12-10-16)34-21-8-3-2-7-20(21)26-22(28)15-33-23(29)14-25-24(30)17-5-4-6-18(13-17)27(31)32/h2-13H,14-15H2,1H3,(H,25,30)(H,26,28). The monoisotopic (exact) mass is 463 g/mol. The maximum atomic E-state index is 12.2. The maximum absolute atomic E-state index is 12.2. The number of carbonyl (C=O) groups excluding carboxylic acids is 3. The lowest BCUT2D eigenvalue weighted by Gasteiger charge is -2.12. The van der Waals surface area contributed by atoms with Crippen molar-refractivity contribution in [3.63, 3.8) is 0 Å². The number of nitrogens with zero attached hydrogens (tertiary/aromatic N) is 1. The predicted octanol–water partition coefficient (Wildman–Crippen LogP) is 3.61. The first-order valence-electron chi connectivity index (χ1n) is 10.1. The van der Waals surface area contributed by atoms with Gasteiger partial charge in [-0.3, -0.25) is 24.5 Å². The highest BCUT2D eigenvalue weighted by atomic mass is 16.6. The molecule has 0 unspecified atom stereocenters. The van der Waals surface area contributed by atoms with Gasteiger partial charge in [-0.15, -0.1) is 0 Å². The van der Waals surface area contributed by atoms with Crippen molar-refractivity contribution in [3.05, 3.63) is 94.0 Å². The average Bonchev–Trinajstić information content (AvgIpc) is 2.84. The Kier molecular flexibility index (Phi) is 7.90. The van der Waals surface area contributed by atoms with Crippen LogP contribution in [-0.2, 0) is 14.3 Å². The van der Waals surface area contributed by atoms with E-state index in [1.807, 2.05) is 19.1 Å². The largest absolute Gasteiger partial charge is 0.455 e. The molecule has 0 aliphatic heterocycles. The number of ether oxygens (including phenoxy) is 2. The fourth-order valence-electron chi connectivity index (χ4n) is 2.79. The number of non-ortho nitro benzene ring substituents is 1. The first-order valence-corrected chi connectivity index (χ1v) is 10.1. The summed E-state index contributed by atoms with van der Waals surface area (Å²) in [6.45, 7) is 0.866. The molecule has 0 aromatic heterocycles. The van der Waals surface area contributed by atoms with E-state index in [1.165, 1.54) is 18.2 Å². The van der Waals surface area contributed by atoms with Crippen LogP contribution in [0.5, 0.6) is 11.5 Å². The molecule has 174 valence electrons. The van der Waals surface area contributed by atoms with Crippen LogP contribution in [0, 0.1) is 17.0 Å². The highest BCUT2D eigenvalue weighted by molar-refractivity contribution is 5.97. The third-order valence-electron chi connectivity index (χ3n) is 4.49. The van der Waals surface area contributed by atoms with Crippen molar-refractivity contribution in [2.75, 3.05) is 18.5 Å². The molecule has 0 radical (unpaired) electrons. The van der Waals surface area contributed by atoms with Gasteiger partial charge >= 0.3 is 5.97 Å². The Morgan fingerprint density at radius 2 is 1.71 bits per heavy atom. The van der Waals surface area contributed by atoms with Crippen molar-refractivity contribution in [1.82, 2.24) is 5.32 Å². The molecule has 34 heavy (non-hydrogen) atoms. The van der Waals surface area contributed by atoms with E-state index in [4.69, 9.17) is 9.47 Å². The molecule has 0 fully saturated rings. The van der Waals surface area contributed by atoms with E-state index in [0.717, 1.165) is 11.6 Å². The lowest BCUT2D eigenvalue weighted by molar-refractivity contribution is -0.384. The second-order valence-corrected chi connectivity index (χ2v) is 7.11. The summed E-state index contributed by atoms with van der Waals surface area (Å²) in [7, 11) is 0. The van der Waals surface area contributed by atoms with Gasteiger partial charge in [0.2, 0.25) is 0 Å². The molecule has 10 nitrogen and oxygen atoms in total. The number of benzene rings is 3. The highest BCUT2D eigenvalue weighted by Crippen LogP contribution is 2.29. The lowest BCUT2D eigenvalue weighted by Crippen LogP contribution is -2.32. The van der Waals surface area contributed by atoms with Crippen LogP contribution in [-0.4, -0.2) is 35.9 Å². The fraction of sp³-hybridized carbons (Fsp3) is 0.125. The second-order valence-electron chi connectivity index (χ2n) is 7.11. The normalized spacial score (nSPS) is 10.1. The molecule has 3 aromatic carbocycles. The summed E-state index contributed by atoms with van der Waals surface area (Å²) in [6.07, 6.45) is 0. The molecule has 3 rings (SSSR count). The van der Waals surface area contributed by atoms with Crippen LogP contribution in [0.1, 0.15) is 15.9 Å². The Morgan fingerprint density at radius 3 is 2.44 bits per heavy atom. The molecule has 3 aromatic rings. The number of anilines is 1. The van der Waals surface area contributed by atoms with Crippen molar-refractivity contribution >= 4 is 29.2 Å². The van der Waals surface area contributed by atoms with Gasteiger partial charge in [-0.2, -0.15) is 0 Å². The molecule has 0 saturated heterocycles. The molecule has 0 bridgehead atoms. The SMILES string of the molecule is Cc1ccc(Oc2ccccc2NC(=O)COC(=O)CNC(=O)c2cccc([N+](=O)[O-])c2)cc1. The summed E-state index contributed by atoms with van der Waals surface area (Å²) in [5.74, 6) is -1.13. The summed E-state index contributed by atoms with van der Waals surface area (Å²) in [6, 6.07) is 19.3. The summed E-state index contributed by atoms with van der Waals surface area (Å²) >= 11 is 0. The number of nitro groups is 1. The van der Waals surface area contributed by atoms with Gasteiger partial charge in [0.05, 0.1) is 10.6 Å². The van der Waals surface area contributed by atoms with Gasteiger partial charge < -0.3 is 20.1 Å². The van der Waals surface area contributed by atoms with E-state index >= 15 is 0 Å². The Labute approximate surface area is 194 Å². The number of hydrogen-bond acceptors (Lipinski definition) is 7. The molecule has 2 amide bonds. The van der Waals surface area contributed by atoms with Crippen molar-refractivity contribution in [2.24, 2.45) is 0 Å². The first-order chi connectivity index (χ1) is 16.3. The van der Waals surface area contributed by atoms with Crippen LogP contribution in [0.3, 0.4) is 0 Å². The van der Waals surface area contributed by atoms with Crippen molar-refractivity contribution < 1.29 is 28.8 Å². The van der Waals surface area contributed by atoms with Crippen molar-refractivity contribution in [3.8, 4) is 11.5 Å². The second kappa shape index (κ2) is 11.2. The van der Waals surface area contributed by atoms with Gasteiger partial charge in [-0.1, -0.05) is 35.9 Å². The van der Waals surface area contributed by atoms with E-state index in [-0.39, 0.29) is 11.3 Å². The molecule has 2 N–H and O–H groups in total. The van der Waals surface area contributed by atoms with Gasteiger partial charge in [0.25, 0.3) is 17.5 Å². The van der Waals surface area contributed by atoms with E-state index in [9.17, 15) is 24.5 Å². The minimum atomic E-state index is -0.849. The molecular formula is C24H21N3O7. The third kappa shape index (κ3) is 6.89. The Hall–Kier alpha value is -4.73. The van der Waals surface area contributed by atoms with Gasteiger partial charge in [0.15, 0.2) is 12.4 Å². The number of aryl methyl sites for hydroxylation is 1. The molecule has 0 saturated carbocycles. The van der Waals surface area contributed by atoms with Crippen LogP contribution in [0.4, 0.5) is 11.4 Å². The summed E-state index contributed by atoms with van der Waals surface area (Å²) in [4.78, 5) is 46.4. The summed E-state index contributed by atoms with van der Waals surface area (Å²) in [5.41, 5.74) is 1.24. The number of rotatable bonds is 9. The van der Waals surface area contributed by atoms with E-state index in [2.05, 4.69) is 10.6 Å². The predicted molar refractivity (Wildman–Crippen MR) is 123 cm³/mol. The Bertz CT molecular complexity index is 1210. The zero-order valence-electron chi connectivity index (χ0n) is 18.1. The smallest absolute Gasteiger partial charge is 0.325 e. The van der Waals surface area contributed by atoms with E-state index in [1.54, 1.807) is 36.4 Å². The highest BCUT2D eigenvalue weighted by Gasteiger charge is 2.14. The van der Waals surface area contributed by atoms with Crippen LogP contribution >= 0.6 is 0 Å². The zero-order chi connectivity index (χ0) is 24.5. The minimum Gasteiger partial charge on any atom is -0.455 e. The molecule has 10 heteroatoms. The molecule has 0 heterocycles. The number of carbonyl (C=O) groups is 3. The van der Waals surface area contributed by atoms with Gasteiger partial charge in [-0.25, -0.2) is 0 Å². The van der Waals surface area contributed by atoms with Crippen LogP contribution in [0.15, 0.2) is 72.8 Å². The number of amides is 2. The fourth-order valence-corrected chi connectivity index (χ4v) is 2.79. The Balaban J connectivity index is 1.48. The van der Waals surface area contributed by atoms with Crippen LogP contribution in [0.25, 0.3) is 0 Å². The molecule has 0 spiro atoms. The molecular weight excluding hydrogens is 442 g/mol. The number of hydrogen-bond donors (Lipinski definition) is 2. The quantitative estimate of drug-likeness (QED) is 0.281. The average molecular weight is 463 g/mol. The van der Waals surface area contributed by atoms with Crippen LogP contribution in [0.2, 0.25) is 0 Å². The summed E-state index contributed by atoms with van der Waals surface area (Å²) in [5, 5.41) is 15.7. The molecule has 0 aliphatic rings. The van der Waals surface area contributed by atoms with Crippen molar-refractivity contribution in [2.45, 2.75) is 6.92 Å². The Morgan fingerprint density at radius 1 is 0.971 bits per heavy atom. The van der Waals surface area contributed by atoms with Crippen molar-refractivity contribution in [1.29, 1.82) is 0 Å². The number of nitrogens with one attached hydrogen (secondary N) is 2. The van der Waals surface area contributed by atoms with Gasteiger partial charge in [0, 0.05) is 17.7 Å². The van der Waals surface area contributed by atoms with Crippen LogP contribution < -0.4 is 15.4 Å². The molecule has 0 aliphatic carbocycles. The summed E-state index contributed by atoms with van der Waals surface area (Å²) < 4.78 is 10.7. The number of esters is 1. The van der Waals surface area contributed by atoms with E-state index < -0.39 is 35.9 Å². The zero-order valence-corrected chi connectivity index (χ0v) is 18.1. The maximum Gasteiger partial charge on any atom is 0.325 e. The number of nitro benzene ring substituents is 1. The topological polar surface area (TPSA) is 137 Å². The number of para-hydroxylation sites is 2. The van der Waals surface area contributed by atoms with Gasteiger partial charge in [-0.05, 0) is 37.3 Å².